The molecule has 0 spiro atoms. The lowest BCUT2D eigenvalue weighted by molar-refractivity contribution is -0.165. The van der Waals surface area contributed by atoms with Gasteiger partial charge >= 0.3 is 6.18 Å². The molecule has 0 amide bonds. The predicted molar refractivity (Wildman–Crippen MR) is 33.0 cm³/mol. The van der Waals surface area contributed by atoms with Gasteiger partial charge < -0.3 is 0 Å². The fraction of sp³-hybridized carbons (Fsp3) is 0.500. The Bertz CT molecular complexity index is 214. The molecule has 1 heterocycles. The molecular formula is C6H7F3N2. The summed E-state index contributed by atoms with van der Waals surface area (Å²) in [5.74, 6) is 0. The van der Waals surface area contributed by atoms with Gasteiger partial charge in [-0.15, -0.1) is 0 Å². The van der Waals surface area contributed by atoms with Crippen LogP contribution < -0.4 is 0 Å². The molecule has 1 aromatic rings. The molecule has 0 bridgehead atoms. The van der Waals surface area contributed by atoms with Crippen LogP contribution in [0.15, 0.2) is 18.5 Å². The van der Waals surface area contributed by atoms with Gasteiger partial charge in [-0.25, -0.2) is 0 Å². The van der Waals surface area contributed by atoms with Gasteiger partial charge in [0.1, 0.15) is 6.04 Å². The average molecular weight is 164 g/mol. The molecule has 0 aliphatic heterocycles. The van der Waals surface area contributed by atoms with Gasteiger partial charge in [0.05, 0.1) is 0 Å². The van der Waals surface area contributed by atoms with E-state index in [1.54, 1.807) is 0 Å². The second-order valence-corrected chi connectivity index (χ2v) is 2.20. The first-order valence-corrected chi connectivity index (χ1v) is 3.07. The largest absolute Gasteiger partial charge is 0.410 e. The molecule has 0 fully saturated rings. The summed E-state index contributed by atoms with van der Waals surface area (Å²) in [5, 5.41) is 3.48. The molecule has 0 radical (unpaired) electrons. The van der Waals surface area contributed by atoms with E-state index in [4.69, 9.17) is 0 Å². The zero-order valence-electron chi connectivity index (χ0n) is 5.84. The van der Waals surface area contributed by atoms with Crippen molar-refractivity contribution in [2.75, 3.05) is 0 Å². The van der Waals surface area contributed by atoms with Crippen molar-refractivity contribution in [1.82, 2.24) is 9.78 Å². The van der Waals surface area contributed by atoms with Crippen LogP contribution in [0.3, 0.4) is 0 Å². The lowest BCUT2D eigenvalue weighted by Gasteiger charge is -2.15. The molecule has 0 aromatic carbocycles. The maximum absolute atomic E-state index is 12.0. The van der Waals surface area contributed by atoms with E-state index in [1.165, 1.54) is 18.5 Å². The Balaban J connectivity index is 2.78. The molecule has 0 saturated carbocycles. The fourth-order valence-electron chi connectivity index (χ4n) is 0.660. The van der Waals surface area contributed by atoms with Crippen LogP contribution in [0.1, 0.15) is 13.0 Å². The average Bonchev–Trinajstić information content (AvgIpc) is 2.34. The van der Waals surface area contributed by atoms with Crippen LogP contribution in [0.5, 0.6) is 0 Å². The molecule has 0 unspecified atom stereocenters. The number of hydrogen-bond donors (Lipinski definition) is 0. The maximum atomic E-state index is 12.0. The van der Waals surface area contributed by atoms with Gasteiger partial charge in [-0.2, -0.15) is 18.3 Å². The van der Waals surface area contributed by atoms with Crippen LogP contribution >= 0.6 is 0 Å². The summed E-state index contributed by atoms with van der Waals surface area (Å²) in [5.41, 5.74) is 0. The smallest absolute Gasteiger partial charge is 0.261 e. The summed E-state index contributed by atoms with van der Waals surface area (Å²) in [6.45, 7) is 1.06. The normalized spacial score (nSPS) is 14.9. The minimum Gasteiger partial charge on any atom is -0.261 e. The van der Waals surface area contributed by atoms with Crippen LogP contribution in [0.2, 0.25) is 0 Å². The molecule has 2 nitrogen and oxygen atoms in total. The van der Waals surface area contributed by atoms with Gasteiger partial charge in [0, 0.05) is 12.4 Å². The van der Waals surface area contributed by atoms with Gasteiger partial charge in [0.2, 0.25) is 0 Å². The summed E-state index contributed by atoms with van der Waals surface area (Å²) in [7, 11) is 0. The van der Waals surface area contributed by atoms with Gasteiger partial charge in [-0.3, -0.25) is 4.68 Å². The summed E-state index contributed by atoms with van der Waals surface area (Å²) >= 11 is 0. The zero-order valence-corrected chi connectivity index (χ0v) is 5.84. The SMILES string of the molecule is C[C@H](n1cccn1)C(F)(F)F. The van der Waals surface area contributed by atoms with Crippen molar-refractivity contribution in [3.63, 3.8) is 0 Å². The third kappa shape index (κ3) is 1.72. The van der Waals surface area contributed by atoms with Crippen LogP contribution in [0.25, 0.3) is 0 Å². The lowest BCUT2D eigenvalue weighted by atomic mass is 10.3. The summed E-state index contributed by atoms with van der Waals surface area (Å²) in [6.07, 6.45) is -1.60. The van der Waals surface area contributed by atoms with E-state index in [9.17, 15) is 13.2 Å². The molecule has 0 N–H and O–H groups in total. The van der Waals surface area contributed by atoms with Crippen LogP contribution in [-0.4, -0.2) is 16.0 Å². The molecule has 0 aliphatic rings. The first kappa shape index (κ1) is 8.10. The van der Waals surface area contributed by atoms with Gasteiger partial charge in [0.25, 0.3) is 0 Å². The highest BCUT2D eigenvalue weighted by Crippen LogP contribution is 2.28. The van der Waals surface area contributed by atoms with E-state index in [0.29, 0.717) is 0 Å². The van der Waals surface area contributed by atoms with Crippen molar-refractivity contribution in [3.8, 4) is 0 Å². The minimum absolute atomic E-state index is 0.875. The number of alkyl halides is 3. The zero-order chi connectivity index (χ0) is 8.48. The summed E-state index contributed by atoms with van der Waals surface area (Å²) < 4.78 is 36.7. The number of nitrogens with zero attached hydrogens (tertiary/aromatic N) is 2. The Morgan fingerprint density at radius 3 is 2.45 bits per heavy atom. The Morgan fingerprint density at radius 2 is 2.09 bits per heavy atom. The van der Waals surface area contributed by atoms with Crippen molar-refractivity contribution >= 4 is 0 Å². The van der Waals surface area contributed by atoms with Crippen molar-refractivity contribution in [2.24, 2.45) is 0 Å². The minimum atomic E-state index is -4.22. The standard InChI is InChI=1S/C6H7F3N2/c1-5(6(7,8)9)11-4-2-3-10-11/h2-5H,1H3/t5-/m0/s1. The Hall–Kier alpha value is -1.00. The third-order valence-electron chi connectivity index (χ3n) is 1.40. The number of rotatable bonds is 1. The third-order valence-corrected chi connectivity index (χ3v) is 1.40. The molecule has 1 aromatic heterocycles. The second-order valence-electron chi connectivity index (χ2n) is 2.20. The Morgan fingerprint density at radius 1 is 1.45 bits per heavy atom. The number of hydrogen-bond acceptors (Lipinski definition) is 1. The topological polar surface area (TPSA) is 17.8 Å². The molecule has 62 valence electrons. The molecule has 5 heteroatoms. The Kier molecular flexibility index (Phi) is 1.89. The number of halogens is 3. The van der Waals surface area contributed by atoms with Gasteiger partial charge in [-0.1, -0.05) is 0 Å². The van der Waals surface area contributed by atoms with Crippen molar-refractivity contribution in [3.05, 3.63) is 18.5 Å². The van der Waals surface area contributed by atoms with Crippen molar-refractivity contribution < 1.29 is 13.2 Å². The molecule has 0 aliphatic carbocycles. The number of aromatic nitrogens is 2. The summed E-state index contributed by atoms with van der Waals surface area (Å²) in [6, 6.07) is -0.0834. The monoisotopic (exact) mass is 164 g/mol. The van der Waals surface area contributed by atoms with E-state index in [0.717, 1.165) is 11.6 Å². The van der Waals surface area contributed by atoms with Gasteiger partial charge in [0.15, 0.2) is 0 Å². The maximum Gasteiger partial charge on any atom is 0.410 e. The molecule has 1 atom stereocenters. The van der Waals surface area contributed by atoms with Crippen molar-refractivity contribution in [1.29, 1.82) is 0 Å². The highest BCUT2D eigenvalue weighted by atomic mass is 19.4. The molecular weight excluding hydrogens is 157 g/mol. The van der Waals surface area contributed by atoms with Gasteiger partial charge in [-0.05, 0) is 13.0 Å². The second kappa shape index (κ2) is 2.56. The highest BCUT2D eigenvalue weighted by Gasteiger charge is 2.37. The van der Waals surface area contributed by atoms with E-state index >= 15 is 0 Å². The van der Waals surface area contributed by atoms with Crippen LogP contribution in [-0.2, 0) is 0 Å². The van der Waals surface area contributed by atoms with E-state index < -0.39 is 12.2 Å². The fourth-order valence-corrected chi connectivity index (χ4v) is 0.660. The molecule has 0 saturated heterocycles. The van der Waals surface area contributed by atoms with E-state index in [1.807, 2.05) is 0 Å². The molecule has 1 rings (SSSR count). The van der Waals surface area contributed by atoms with Crippen molar-refractivity contribution in [2.45, 2.75) is 19.1 Å². The van der Waals surface area contributed by atoms with Crippen LogP contribution in [0.4, 0.5) is 13.2 Å². The lowest BCUT2D eigenvalue weighted by Crippen LogP contribution is -2.23. The highest BCUT2D eigenvalue weighted by molar-refractivity contribution is 4.82. The van der Waals surface area contributed by atoms with E-state index in [2.05, 4.69) is 5.10 Å². The van der Waals surface area contributed by atoms with Crippen LogP contribution in [0, 0.1) is 0 Å². The molecule has 11 heavy (non-hydrogen) atoms. The van der Waals surface area contributed by atoms with E-state index in [-0.39, 0.29) is 0 Å². The quantitative estimate of drug-likeness (QED) is 0.620. The summed E-state index contributed by atoms with van der Waals surface area (Å²) in [4.78, 5) is 0. The Labute approximate surface area is 61.6 Å². The first-order valence-electron chi connectivity index (χ1n) is 3.07. The first-order chi connectivity index (χ1) is 5.02. The predicted octanol–water partition coefficient (Wildman–Crippen LogP) is 2.01.